The van der Waals surface area contributed by atoms with Crippen LogP contribution in [0, 0.1) is 0 Å². The minimum absolute atomic E-state index is 0.0390. The zero-order chi connectivity index (χ0) is 15.9. The molecule has 22 heavy (non-hydrogen) atoms. The molecule has 1 aromatic heterocycles. The molecule has 0 saturated heterocycles. The van der Waals surface area contributed by atoms with E-state index in [-0.39, 0.29) is 18.1 Å². The number of ether oxygens (including phenoxy) is 1. The van der Waals surface area contributed by atoms with Crippen molar-refractivity contribution in [2.45, 2.75) is 20.0 Å². The molecule has 0 aliphatic carbocycles. The molecule has 0 aliphatic heterocycles. The minimum Gasteiger partial charge on any atom is -0.497 e. The Morgan fingerprint density at radius 1 is 1.36 bits per heavy atom. The van der Waals surface area contributed by atoms with Gasteiger partial charge in [-0.15, -0.1) is 0 Å². The van der Waals surface area contributed by atoms with Crippen LogP contribution in [0.4, 0.5) is 5.69 Å². The number of aliphatic imine (C=N–C) groups is 1. The highest BCUT2D eigenvalue weighted by atomic mass is 16.5. The number of anilines is 1. The standard InChI is InChI=1S/C16H20N4O2/c1-3-20-9-5-6-12(15(20)21)11-18-16(17)19-13-7-4-8-14(10-13)22-2/h4-10H,3,11H2,1-2H3,(H3,17,18,19). The SMILES string of the molecule is CCn1cccc(CN=C(N)Nc2cccc(OC)c2)c1=O. The van der Waals surface area contributed by atoms with Crippen molar-refractivity contribution in [1.82, 2.24) is 4.57 Å². The van der Waals surface area contributed by atoms with E-state index < -0.39 is 0 Å². The summed E-state index contributed by atoms with van der Waals surface area (Å²) in [6.45, 7) is 2.80. The van der Waals surface area contributed by atoms with Gasteiger partial charge < -0.3 is 20.4 Å². The number of guanidine groups is 1. The molecule has 6 nitrogen and oxygen atoms in total. The lowest BCUT2D eigenvalue weighted by Gasteiger charge is -2.08. The molecule has 6 heteroatoms. The Hall–Kier alpha value is -2.76. The summed E-state index contributed by atoms with van der Waals surface area (Å²) >= 11 is 0. The molecule has 0 bridgehead atoms. The van der Waals surface area contributed by atoms with Crippen LogP contribution < -0.4 is 21.3 Å². The molecule has 1 heterocycles. The predicted molar refractivity (Wildman–Crippen MR) is 88.3 cm³/mol. The Morgan fingerprint density at radius 3 is 2.91 bits per heavy atom. The number of nitrogens with zero attached hydrogens (tertiary/aromatic N) is 2. The fraction of sp³-hybridized carbons (Fsp3) is 0.250. The molecule has 0 atom stereocenters. The van der Waals surface area contributed by atoms with E-state index in [9.17, 15) is 4.79 Å². The summed E-state index contributed by atoms with van der Waals surface area (Å²) in [4.78, 5) is 16.3. The second kappa shape index (κ2) is 7.31. The average Bonchev–Trinajstić information content (AvgIpc) is 2.54. The molecule has 0 radical (unpaired) electrons. The van der Waals surface area contributed by atoms with Crippen LogP contribution in [0.15, 0.2) is 52.4 Å². The van der Waals surface area contributed by atoms with Crippen molar-refractivity contribution in [1.29, 1.82) is 0 Å². The van der Waals surface area contributed by atoms with Crippen LogP contribution in [0.3, 0.4) is 0 Å². The number of aromatic nitrogens is 1. The summed E-state index contributed by atoms with van der Waals surface area (Å²) in [7, 11) is 1.60. The predicted octanol–water partition coefficient (Wildman–Crippen LogP) is 1.80. The molecule has 2 rings (SSSR count). The van der Waals surface area contributed by atoms with Crippen molar-refractivity contribution in [2.24, 2.45) is 10.7 Å². The summed E-state index contributed by atoms with van der Waals surface area (Å²) in [5.41, 5.74) is 7.20. The van der Waals surface area contributed by atoms with Crippen LogP contribution >= 0.6 is 0 Å². The Morgan fingerprint density at radius 2 is 2.18 bits per heavy atom. The molecule has 0 unspecified atom stereocenters. The Labute approximate surface area is 129 Å². The molecular formula is C16H20N4O2. The van der Waals surface area contributed by atoms with Crippen molar-refractivity contribution >= 4 is 11.6 Å². The van der Waals surface area contributed by atoms with E-state index in [1.807, 2.05) is 37.3 Å². The third-order valence-corrected chi connectivity index (χ3v) is 3.20. The van der Waals surface area contributed by atoms with Gasteiger partial charge in [-0.25, -0.2) is 4.99 Å². The molecule has 0 fully saturated rings. The third kappa shape index (κ3) is 3.88. The lowest BCUT2D eigenvalue weighted by molar-refractivity contribution is 0.415. The fourth-order valence-corrected chi connectivity index (χ4v) is 2.01. The maximum Gasteiger partial charge on any atom is 0.255 e. The molecule has 1 aromatic carbocycles. The molecule has 3 N–H and O–H groups in total. The molecule has 2 aromatic rings. The van der Waals surface area contributed by atoms with Crippen molar-refractivity contribution < 1.29 is 4.74 Å². The molecule has 0 aliphatic rings. The number of pyridine rings is 1. The zero-order valence-corrected chi connectivity index (χ0v) is 12.7. The van der Waals surface area contributed by atoms with Gasteiger partial charge in [0.2, 0.25) is 0 Å². The number of aryl methyl sites for hydroxylation is 1. The van der Waals surface area contributed by atoms with Crippen molar-refractivity contribution in [3.8, 4) is 5.75 Å². The van der Waals surface area contributed by atoms with Crippen LogP contribution in [0.25, 0.3) is 0 Å². The van der Waals surface area contributed by atoms with Crippen molar-refractivity contribution in [3.05, 3.63) is 58.5 Å². The van der Waals surface area contributed by atoms with Gasteiger partial charge in [0.25, 0.3) is 5.56 Å². The van der Waals surface area contributed by atoms with E-state index in [1.165, 1.54) is 0 Å². The first kappa shape index (κ1) is 15.6. The second-order valence-electron chi connectivity index (χ2n) is 4.68. The normalized spacial score (nSPS) is 11.3. The number of hydrogen-bond donors (Lipinski definition) is 2. The number of hydrogen-bond acceptors (Lipinski definition) is 3. The van der Waals surface area contributed by atoms with Crippen molar-refractivity contribution in [3.63, 3.8) is 0 Å². The first-order valence-electron chi connectivity index (χ1n) is 7.03. The molecule has 0 spiro atoms. The summed E-state index contributed by atoms with van der Waals surface area (Å²) in [5.74, 6) is 0.978. The smallest absolute Gasteiger partial charge is 0.255 e. The van der Waals surface area contributed by atoms with Crippen LogP contribution in [-0.2, 0) is 13.1 Å². The number of nitrogens with two attached hydrogens (primary N) is 1. The Balaban J connectivity index is 2.08. The highest BCUT2D eigenvalue weighted by Crippen LogP contribution is 2.16. The average molecular weight is 300 g/mol. The first-order valence-corrected chi connectivity index (χ1v) is 7.03. The van der Waals surface area contributed by atoms with Gasteiger partial charge in [-0.05, 0) is 25.1 Å². The monoisotopic (exact) mass is 300 g/mol. The van der Waals surface area contributed by atoms with Crippen LogP contribution in [-0.4, -0.2) is 17.6 Å². The van der Waals surface area contributed by atoms with Crippen LogP contribution in [0.1, 0.15) is 12.5 Å². The van der Waals surface area contributed by atoms with Gasteiger partial charge in [-0.2, -0.15) is 0 Å². The van der Waals surface area contributed by atoms with Gasteiger partial charge in [0.1, 0.15) is 5.75 Å². The summed E-state index contributed by atoms with van der Waals surface area (Å²) in [6.07, 6.45) is 1.76. The number of benzene rings is 1. The summed E-state index contributed by atoms with van der Waals surface area (Å²) < 4.78 is 6.78. The second-order valence-corrected chi connectivity index (χ2v) is 4.68. The lowest BCUT2D eigenvalue weighted by Crippen LogP contribution is -2.25. The number of nitrogens with one attached hydrogen (secondary N) is 1. The van der Waals surface area contributed by atoms with Gasteiger partial charge in [0, 0.05) is 30.1 Å². The van der Waals surface area contributed by atoms with E-state index >= 15 is 0 Å². The summed E-state index contributed by atoms with van der Waals surface area (Å²) in [5, 5.41) is 2.97. The first-order chi connectivity index (χ1) is 10.6. The maximum atomic E-state index is 12.1. The highest BCUT2D eigenvalue weighted by Gasteiger charge is 2.02. The van der Waals surface area contributed by atoms with E-state index in [2.05, 4.69) is 10.3 Å². The summed E-state index contributed by atoms with van der Waals surface area (Å²) in [6, 6.07) is 11.0. The van der Waals surface area contributed by atoms with Crippen molar-refractivity contribution in [2.75, 3.05) is 12.4 Å². The lowest BCUT2D eigenvalue weighted by atomic mass is 10.3. The van der Waals surface area contributed by atoms with Crippen LogP contribution in [0.5, 0.6) is 5.75 Å². The topological polar surface area (TPSA) is 81.6 Å². The molecule has 116 valence electrons. The van der Waals surface area contributed by atoms with Gasteiger partial charge >= 0.3 is 0 Å². The van der Waals surface area contributed by atoms with E-state index in [4.69, 9.17) is 10.5 Å². The Bertz CT molecular complexity index is 722. The largest absolute Gasteiger partial charge is 0.497 e. The maximum absolute atomic E-state index is 12.1. The van der Waals surface area contributed by atoms with Gasteiger partial charge in [-0.3, -0.25) is 4.79 Å². The number of rotatable bonds is 5. The van der Waals surface area contributed by atoms with Crippen LogP contribution in [0.2, 0.25) is 0 Å². The quantitative estimate of drug-likeness (QED) is 0.651. The molecule has 0 saturated carbocycles. The van der Waals surface area contributed by atoms with E-state index in [1.54, 1.807) is 23.9 Å². The zero-order valence-electron chi connectivity index (χ0n) is 12.7. The number of methoxy groups -OCH3 is 1. The van der Waals surface area contributed by atoms with E-state index in [0.717, 1.165) is 11.4 Å². The van der Waals surface area contributed by atoms with Gasteiger partial charge in [0.15, 0.2) is 5.96 Å². The van der Waals surface area contributed by atoms with E-state index in [0.29, 0.717) is 12.1 Å². The minimum atomic E-state index is -0.0390. The van der Waals surface area contributed by atoms with Gasteiger partial charge in [-0.1, -0.05) is 12.1 Å². The third-order valence-electron chi connectivity index (χ3n) is 3.20. The molecule has 0 amide bonds. The molecular weight excluding hydrogens is 280 g/mol. The Kier molecular flexibility index (Phi) is 5.19. The van der Waals surface area contributed by atoms with Gasteiger partial charge in [0.05, 0.1) is 13.7 Å². The fourth-order valence-electron chi connectivity index (χ4n) is 2.01. The highest BCUT2D eigenvalue weighted by molar-refractivity contribution is 5.92.